The molecule has 1 aliphatic carbocycles. The Labute approximate surface area is 123 Å². The Bertz CT molecular complexity index is 592. The van der Waals surface area contributed by atoms with E-state index in [9.17, 15) is 0 Å². The van der Waals surface area contributed by atoms with Gasteiger partial charge in [-0.2, -0.15) is 0 Å². The van der Waals surface area contributed by atoms with E-state index in [-0.39, 0.29) is 0 Å². The molecule has 1 aliphatic rings. The van der Waals surface area contributed by atoms with Crippen molar-refractivity contribution in [3.63, 3.8) is 0 Å². The van der Waals surface area contributed by atoms with Gasteiger partial charge in [0.05, 0.1) is 6.04 Å². The molecule has 1 N–H and O–H groups in total. The molecule has 3 rings (SSSR count). The fourth-order valence-corrected chi connectivity index (χ4v) is 3.20. The van der Waals surface area contributed by atoms with Gasteiger partial charge in [0.2, 0.25) is 0 Å². The zero-order valence-electron chi connectivity index (χ0n) is 11.1. The Morgan fingerprint density at radius 2 is 2.00 bits per heavy atom. The van der Waals surface area contributed by atoms with Crippen LogP contribution in [0.15, 0.2) is 46.9 Å². The molecule has 98 valence electrons. The van der Waals surface area contributed by atoms with Gasteiger partial charge in [-0.15, -0.1) is 0 Å². The Morgan fingerprint density at radius 1 is 1.16 bits per heavy atom. The first-order chi connectivity index (χ1) is 9.24. The van der Waals surface area contributed by atoms with Crippen molar-refractivity contribution in [1.82, 2.24) is 0 Å². The van der Waals surface area contributed by atoms with Gasteiger partial charge in [0, 0.05) is 10.2 Å². The van der Waals surface area contributed by atoms with E-state index in [0.29, 0.717) is 6.04 Å². The van der Waals surface area contributed by atoms with Crippen LogP contribution < -0.4 is 5.32 Å². The van der Waals surface area contributed by atoms with E-state index < -0.39 is 0 Å². The summed E-state index contributed by atoms with van der Waals surface area (Å²) < 4.78 is 1.13. The highest BCUT2D eigenvalue weighted by atomic mass is 79.9. The average Bonchev–Trinajstić information content (AvgIpc) is 2.43. The second-order valence-electron chi connectivity index (χ2n) is 5.25. The zero-order chi connectivity index (χ0) is 13.2. The van der Waals surface area contributed by atoms with Crippen LogP contribution in [0.4, 0.5) is 5.69 Å². The third-order valence-electron chi connectivity index (χ3n) is 3.90. The van der Waals surface area contributed by atoms with E-state index in [4.69, 9.17) is 0 Å². The molecular formula is C17H18BrN. The van der Waals surface area contributed by atoms with Crippen LogP contribution in [-0.4, -0.2) is 0 Å². The second kappa shape index (κ2) is 5.38. The highest BCUT2D eigenvalue weighted by Gasteiger charge is 2.19. The molecule has 0 saturated heterocycles. The Morgan fingerprint density at radius 3 is 2.89 bits per heavy atom. The molecule has 1 unspecified atom stereocenters. The van der Waals surface area contributed by atoms with Gasteiger partial charge in [-0.25, -0.2) is 0 Å². The number of halogens is 1. The van der Waals surface area contributed by atoms with Crippen LogP contribution in [0.3, 0.4) is 0 Å². The summed E-state index contributed by atoms with van der Waals surface area (Å²) in [5, 5.41) is 3.72. The highest BCUT2D eigenvalue weighted by Crippen LogP contribution is 2.33. The van der Waals surface area contributed by atoms with Crippen LogP contribution >= 0.6 is 15.9 Å². The standard InChI is InChI=1S/C17H18BrN/c1-12-9-10-14(18)11-17(12)19-16-8-4-6-13-5-2-3-7-15(13)16/h2-3,5,7,9-11,16,19H,4,6,8H2,1H3. The van der Waals surface area contributed by atoms with E-state index >= 15 is 0 Å². The molecule has 2 heteroatoms. The van der Waals surface area contributed by atoms with Gasteiger partial charge in [-0.1, -0.05) is 46.3 Å². The third kappa shape index (κ3) is 2.69. The number of anilines is 1. The Kier molecular flexibility index (Phi) is 3.61. The first-order valence-electron chi connectivity index (χ1n) is 6.84. The molecule has 1 atom stereocenters. The van der Waals surface area contributed by atoms with Crippen LogP contribution in [0, 0.1) is 6.92 Å². The van der Waals surface area contributed by atoms with Crippen molar-refractivity contribution in [2.24, 2.45) is 0 Å². The summed E-state index contributed by atoms with van der Waals surface area (Å²) in [4.78, 5) is 0. The quantitative estimate of drug-likeness (QED) is 0.798. The molecule has 19 heavy (non-hydrogen) atoms. The number of fused-ring (bicyclic) bond motifs is 1. The first kappa shape index (κ1) is 12.7. The molecule has 0 heterocycles. The van der Waals surface area contributed by atoms with Crippen molar-refractivity contribution in [3.05, 3.63) is 63.6 Å². The van der Waals surface area contributed by atoms with Crippen LogP contribution in [0.5, 0.6) is 0 Å². The number of hydrogen-bond donors (Lipinski definition) is 1. The Hall–Kier alpha value is -1.28. The zero-order valence-corrected chi connectivity index (χ0v) is 12.7. The molecule has 0 spiro atoms. The molecule has 0 radical (unpaired) electrons. The van der Waals surface area contributed by atoms with E-state index in [1.807, 2.05) is 0 Å². The number of nitrogens with one attached hydrogen (secondary N) is 1. The molecule has 2 aromatic rings. The van der Waals surface area contributed by atoms with Crippen LogP contribution in [0.2, 0.25) is 0 Å². The van der Waals surface area contributed by atoms with Crippen LogP contribution in [0.25, 0.3) is 0 Å². The lowest BCUT2D eigenvalue weighted by Crippen LogP contribution is -2.17. The van der Waals surface area contributed by atoms with Crippen LogP contribution in [-0.2, 0) is 6.42 Å². The van der Waals surface area contributed by atoms with Crippen molar-refractivity contribution in [2.45, 2.75) is 32.2 Å². The molecule has 0 aromatic heterocycles. The molecule has 0 saturated carbocycles. The van der Waals surface area contributed by atoms with Gasteiger partial charge in [0.25, 0.3) is 0 Å². The minimum atomic E-state index is 0.443. The molecule has 0 aliphatic heterocycles. The summed E-state index contributed by atoms with van der Waals surface area (Å²) in [5.74, 6) is 0. The van der Waals surface area contributed by atoms with Crippen molar-refractivity contribution in [2.75, 3.05) is 5.32 Å². The third-order valence-corrected chi connectivity index (χ3v) is 4.39. The summed E-state index contributed by atoms with van der Waals surface area (Å²) in [6.07, 6.45) is 3.69. The van der Waals surface area contributed by atoms with Crippen LogP contribution in [0.1, 0.15) is 35.6 Å². The maximum atomic E-state index is 3.72. The number of benzene rings is 2. The predicted molar refractivity (Wildman–Crippen MR) is 84.6 cm³/mol. The van der Waals surface area contributed by atoms with E-state index in [1.165, 1.54) is 41.6 Å². The van der Waals surface area contributed by atoms with E-state index in [0.717, 1.165) is 4.47 Å². The van der Waals surface area contributed by atoms with E-state index in [1.54, 1.807) is 0 Å². The lowest BCUT2D eigenvalue weighted by atomic mass is 9.87. The highest BCUT2D eigenvalue weighted by molar-refractivity contribution is 9.10. The summed E-state index contributed by atoms with van der Waals surface area (Å²) in [5.41, 5.74) is 5.49. The average molecular weight is 316 g/mol. The number of aryl methyl sites for hydroxylation is 2. The summed E-state index contributed by atoms with van der Waals surface area (Å²) in [7, 11) is 0. The molecule has 0 bridgehead atoms. The second-order valence-corrected chi connectivity index (χ2v) is 6.16. The first-order valence-corrected chi connectivity index (χ1v) is 7.64. The van der Waals surface area contributed by atoms with Crippen molar-refractivity contribution in [3.8, 4) is 0 Å². The minimum Gasteiger partial charge on any atom is -0.378 e. The topological polar surface area (TPSA) is 12.0 Å². The summed E-state index contributed by atoms with van der Waals surface area (Å²) in [6, 6.07) is 15.7. The Balaban J connectivity index is 1.90. The normalized spacial score (nSPS) is 17.9. The summed E-state index contributed by atoms with van der Waals surface area (Å²) >= 11 is 3.55. The van der Waals surface area contributed by atoms with Gasteiger partial charge in [-0.3, -0.25) is 0 Å². The van der Waals surface area contributed by atoms with Crippen molar-refractivity contribution >= 4 is 21.6 Å². The van der Waals surface area contributed by atoms with Crippen molar-refractivity contribution < 1.29 is 0 Å². The number of hydrogen-bond acceptors (Lipinski definition) is 1. The van der Waals surface area contributed by atoms with Crippen molar-refractivity contribution in [1.29, 1.82) is 0 Å². The SMILES string of the molecule is Cc1ccc(Br)cc1NC1CCCc2ccccc21. The predicted octanol–water partition coefficient (Wildman–Crippen LogP) is 5.25. The maximum Gasteiger partial charge on any atom is 0.0516 e. The van der Waals surface area contributed by atoms with Gasteiger partial charge in [-0.05, 0) is 55.0 Å². The molecule has 0 fully saturated rings. The molecular weight excluding hydrogens is 298 g/mol. The van der Waals surface area contributed by atoms with Gasteiger partial charge in [0.15, 0.2) is 0 Å². The van der Waals surface area contributed by atoms with E-state index in [2.05, 4.69) is 70.6 Å². The fraction of sp³-hybridized carbons (Fsp3) is 0.294. The smallest absolute Gasteiger partial charge is 0.0516 e. The maximum absolute atomic E-state index is 3.72. The summed E-state index contributed by atoms with van der Waals surface area (Å²) in [6.45, 7) is 2.16. The fourth-order valence-electron chi connectivity index (χ4n) is 2.84. The monoisotopic (exact) mass is 315 g/mol. The van der Waals surface area contributed by atoms with Gasteiger partial charge < -0.3 is 5.32 Å². The van der Waals surface area contributed by atoms with Gasteiger partial charge in [0.1, 0.15) is 0 Å². The molecule has 0 amide bonds. The molecule has 1 nitrogen and oxygen atoms in total. The van der Waals surface area contributed by atoms with Gasteiger partial charge >= 0.3 is 0 Å². The number of rotatable bonds is 2. The lowest BCUT2D eigenvalue weighted by molar-refractivity contribution is 0.600. The largest absolute Gasteiger partial charge is 0.378 e. The molecule has 2 aromatic carbocycles. The lowest BCUT2D eigenvalue weighted by Gasteiger charge is -2.28. The minimum absolute atomic E-state index is 0.443.